The Morgan fingerprint density at radius 3 is 2.57 bits per heavy atom. The Labute approximate surface area is 253 Å². The van der Waals surface area contributed by atoms with Crippen molar-refractivity contribution < 1.29 is 23.5 Å². The molecule has 0 aromatic heterocycles. The zero-order valence-electron chi connectivity index (χ0n) is 22.9. The van der Waals surface area contributed by atoms with Gasteiger partial charge in [0.05, 0.1) is 12.6 Å². The van der Waals surface area contributed by atoms with Crippen molar-refractivity contribution >= 4 is 46.6 Å². The lowest BCUT2D eigenvalue weighted by atomic mass is 9.59. The third-order valence-corrected chi connectivity index (χ3v) is 9.26. The van der Waals surface area contributed by atoms with E-state index in [4.69, 9.17) is 27.9 Å². The third-order valence-electron chi connectivity index (χ3n) is 8.79. The van der Waals surface area contributed by atoms with E-state index in [-0.39, 0.29) is 36.7 Å². The van der Waals surface area contributed by atoms with Crippen molar-refractivity contribution in [2.45, 2.75) is 50.0 Å². The van der Waals surface area contributed by atoms with Gasteiger partial charge in [0.2, 0.25) is 17.7 Å². The van der Waals surface area contributed by atoms with Crippen LogP contribution in [-0.4, -0.2) is 30.9 Å². The number of ether oxygens (including phenoxy) is 1. The molecule has 1 saturated heterocycles. The van der Waals surface area contributed by atoms with Crippen molar-refractivity contribution in [3.05, 3.63) is 92.7 Å². The van der Waals surface area contributed by atoms with Crippen LogP contribution in [0.1, 0.15) is 59.9 Å². The van der Waals surface area contributed by atoms with Crippen LogP contribution in [0, 0.1) is 18.7 Å². The number of rotatable bonds is 7. The van der Waals surface area contributed by atoms with E-state index >= 15 is 0 Å². The lowest BCUT2D eigenvalue weighted by Gasteiger charge is -2.47. The zero-order chi connectivity index (χ0) is 29.6. The molecule has 6 rings (SSSR count). The average molecular weight is 611 g/mol. The van der Waals surface area contributed by atoms with Crippen LogP contribution >= 0.6 is 23.2 Å². The molecule has 1 aliphatic carbocycles. The minimum absolute atomic E-state index is 0.0234. The van der Waals surface area contributed by atoms with Gasteiger partial charge in [-0.2, -0.15) is 0 Å². The van der Waals surface area contributed by atoms with Crippen molar-refractivity contribution in [1.82, 2.24) is 10.6 Å². The fourth-order valence-electron chi connectivity index (χ4n) is 6.52. The summed E-state index contributed by atoms with van der Waals surface area (Å²) in [5.74, 6) is -1.33. The predicted octanol–water partition coefficient (Wildman–Crippen LogP) is 5.97. The number of hydrogen-bond donors (Lipinski definition) is 3. The molecule has 0 bridgehead atoms. The van der Waals surface area contributed by atoms with E-state index in [2.05, 4.69) is 16.0 Å². The Morgan fingerprint density at radius 1 is 1.05 bits per heavy atom. The summed E-state index contributed by atoms with van der Waals surface area (Å²) < 4.78 is 20.8. The number of anilines is 1. The fourth-order valence-corrected chi connectivity index (χ4v) is 6.87. The Kier molecular flexibility index (Phi) is 7.62. The minimum atomic E-state index is -1.38. The summed E-state index contributed by atoms with van der Waals surface area (Å²) in [6.07, 6.45) is 2.83. The van der Waals surface area contributed by atoms with Crippen molar-refractivity contribution in [2.24, 2.45) is 5.92 Å². The van der Waals surface area contributed by atoms with E-state index in [1.807, 2.05) is 6.92 Å². The largest absolute Gasteiger partial charge is 0.491 e. The molecule has 42 heavy (non-hydrogen) atoms. The third kappa shape index (κ3) is 4.90. The maximum Gasteiger partial charge on any atom is 0.238 e. The van der Waals surface area contributed by atoms with E-state index < -0.39 is 23.2 Å². The van der Waals surface area contributed by atoms with Gasteiger partial charge in [0, 0.05) is 39.6 Å². The molecule has 3 aromatic carbocycles. The summed E-state index contributed by atoms with van der Waals surface area (Å²) in [6, 6.07) is 13.7. The molecule has 2 aliphatic heterocycles. The summed E-state index contributed by atoms with van der Waals surface area (Å²) in [5, 5.41) is 9.77. The van der Waals surface area contributed by atoms with Crippen LogP contribution < -0.4 is 20.7 Å². The van der Waals surface area contributed by atoms with E-state index in [0.717, 1.165) is 24.8 Å². The Bertz CT molecular complexity index is 1590. The molecule has 3 atom stereocenters. The monoisotopic (exact) mass is 609 g/mol. The summed E-state index contributed by atoms with van der Waals surface area (Å²) in [6.45, 7) is 2.31. The van der Waals surface area contributed by atoms with Gasteiger partial charge in [-0.25, -0.2) is 4.39 Å². The maximum atomic E-state index is 14.7. The predicted molar refractivity (Wildman–Crippen MR) is 158 cm³/mol. The highest BCUT2D eigenvalue weighted by Crippen LogP contribution is 2.59. The van der Waals surface area contributed by atoms with E-state index in [1.54, 1.807) is 42.5 Å². The van der Waals surface area contributed by atoms with Crippen LogP contribution in [0.2, 0.25) is 10.0 Å². The first-order chi connectivity index (χ1) is 20.2. The van der Waals surface area contributed by atoms with E-state index in [9.17, 15) is 18.8 Å². The molecule has 2 fully saturated rings. The second-order valence-corrected chi connectivity index (χ2v) is 12.1. The summed E-state index contributed by atoms with van der Waals surface area (Å²) in [4.78, 5) is 40.0. The Morgan fingerprint density at radius 2 is 1.81 bits per heavy atom. The van der Waals surface area contributed by atoms with Crippen LogP contribution in [0.25, 0.3) is 0 Å². The van der Waals surface area contributed by atoms with E-state index in [0.29, 0.717) is 44.7 Å². The van der Waals surface area contributed by atoms with Gasteiger partial charge in [0.1, 0.15) is 23.6 Å². The molecular formula is C32H30Cl2FN3O4. The van der Waals surface area contributed by atoms with Crippen LogP contribution in [0.3, 0.4) is 0 Å². The number of carbonyl (C=O) groups is 3. The molecule has 3 amide bonds. The van der Waals surface area contributed by atoms with Crippen molar-refractivity contribution in [3.63, 3.8) is 0 Å². The van der Waals surface area contributed by atoms with E-state index in [1.165, 1.54) is 12.1 Å². The molecule has 2 heterocycles. The SMILES string of the molecule is Cc1ccc(F)cc1C1NC(=O)CC(c2cc(Cl)ccc2OCCNC(=O)C2CCC2)C12C(=O)Nc1cc(Cl)ccc12. The van der Waals surface area contributed by atoms with Gasteiger partial charge in [0.25, 0.3) is 0 Å². The lowest BCUT2D eigenvalue weighted by molar-refractivity contribution is -0.131. The molecule has 3 unspecified atom stereocenters. The molecule has 218 valence electrons. The quantitative estimate of drug-likeness (QED) is 0.287. The number of piperidine rings is 1. The topological polar surface area (TPSA) is 96.5 Å². The first-order valence-electron chi connectivity index (χ1n) is 14.1. The second-order valence-electron chi connectivity index (χ2n) is 11.2. The summed E-state index contributed by atoms with van der Waals surface area (Å²) in [7, 11) is 0. The van der Waals surface area contributed by atoms with Gasteiger partial charge < -0.3 is 20.7 Å². The van der Waals surface area contributed by atoms with Gasteiger partial charge in [0.15, 0.2) is 0 Å². The van der Waals surface area contributed by atoms with Gasteiger partial charge in [-0.1, -0.05) is 41.8 Å². The van der Waals surface area contributed by atoms with Gasteiger partial charge in [-0.05, 0) is 78.9 Å². The molecular weight excluding hydrogens is 580 g/mol. The van der Waals surface area contributed by atoms with Gasteiger partial charge in [-0.3, -0.25) is 14.4 Å². The van der Waals surface area contributed by atoms with Crippen molar-refractivity contribution in [1.29, 1.82) is 0 Å². The fraction of sp³-hybridized carbons (Fsp3) is 0.344. The number of halogens is 3. The zero-order valence-corrected chi connectivity index (χ0v) is 24.4. The Hall–Kier alpha value is -3.62. The molecule has 1 saturated carbocycles. The summed E-state index contributed by atoms with van der Waals surface area (Å²) >= 11 is 12.8. The lowest BCUT2D eigenvalue weighted by Crippen LogP contribution is -2.57. The normalized spacial score (nSPS) is 23.1. The van der Waals surface area contributed by atoms with Crippen LogP contribution in [0.5, 0.6) is 5.75 Å². The highest BCUT2D eigenvalue weighted by atomic mass is 35.5. The maximum absolute atomic E-state index is 14.7. The number of aryl methyl sites for hydroxylation is 1. The highest BCUT2D eigenvalue weighted by molar-refractivity contribution is 6.31. The number of amides is 3. The molecule has 0 radical (unpaired) electrons. The van der Waals surface area contributed by atoms with Crippen LogP contribution in [0.4, 0.5) is 10.1 Å². The van der Waals surface area contributed by atoms with Gasteiger partial charge in [-0.15, -0.1) is 0 Å². The van der Waals surface area contributed by atoms with Crippen LogP contribution in [-0.2, 0) is 19.8 Å². The average Bonchev–Trinajstić information content (AvgIpc) is 3.19. The molecule has 7 nitrogen and oxygen atoms in total. The van der Waals surface area contributed by atoms with Crippen LogP contribution in [0.15, 0.2) is 54.6 Å². The first kappa shape index (κ1) is 28.5. The summed E-state index contributed by atoms with van der Waals surface area (Å²) in [5.41, 5.74) is 1.56. The molecule has 10 heteroatoms. The second kappa shape index (κ2) is 11.2. The number of hydrogen-bond acceptors (Lipinski definition) is 4. The number of benzene rings is 3. The highest BCUT2D eigenvalue weighted by Gasteiger charge is 2.61. The minimum Gasteiger partial charge on any atom is -0.491 e. The first-order valence-corrected chi connectivity index (χ1v) is 14.8. The number of nitrogens with one attached hydrogen (secondary N) is 3. The smallest absolute Gasteiger partial charge is 0.238 e. The Balaban J connectivity index is 1.45. The van der Waals surface area contributed by atoms with Gasteiger partial charge >= 0.3 is 0 Å². The molecule has 3 aliphatic rings. The molecule has 3 aromatic rings. The standard InChI is InChI=1S/C32H30Cl2FN3O4/c1-17-5-8-21(35)15-22(17)29-32(24-9-6-20(34)14-26(24)37-31(32)41)25(16-28(39)38-29)23-13-19(33)7-10-27(23)42-12-11-36-30(40)18-3-2-4-18/h5-10,13-15,18,25,29H,2-4,11-12,16H2,1H3,(H,36,40)(H,37,41)(H,38,39). The number of carbonyl (C=O) groups excluding carboxylic acids is 3. The molecule has 1 spiro atoms. The van der Waals surface area contributed by atoms with Crippen molar-refractivity contribution in [3.8, 4) is 5.75 Å². The van der Waals surface area contributed by atoms with Crippen molar-refractivity contribution in [2.75, 3.05) is 18.5 Å². The molecule has 3 N–H and O–H groups in total. The number of fused-ring (bicyclic) bond motifs is 2.